The number of fused-ring (bicyclic) bond motifs is 1. The molecule has 6 nitrogen and oxygen atoms in total. The number of aromatic nitrogens is 1. The predicted octanol–water partition coefficient (Wildman–Crippen LogP) is 1.85. The van der Waals surface area contributed by atoms with Crippen LogP contribution in [-0.2, 0) is 14.3 Å². The molecule has 120 valence electrons. The van der Waals surface area contributed by atoms with Gasteiger partial charge >= 0.3 is 5.97 Å². The number of carbonyl (C=O) groups excluding carboxylic acids is 2. The van der Waals surface area contributed by atoms with E-state index >= 15 is 0 Å². The molecule has 2 aromatic rings. The van der Waals surface area contributed by atoms with Crippen molar-refractivity contribution >= 4 is 22.8 Å². The molecule has 1 aromatic carbocycles. The molecule has 1 aromatic heterocycles. The molecule has 2 rings (SSSR count). The zero-order chi connectivity index (χ0) is 16.7. The molecule has 23 heavy (non-hydrogen) atoms. The molecule has 0 aliphatic rings. The van der Waals surface area contributed by atoms with Crippen LogP contribution in [0.25, 0.3) is 10.9 Å². The summed E-state index contributed by atoms with van der Waals surface area (Å²) >= 11 is 0. The van der Waals surface area contributed by atoms with Gasteiger partial charge in [-0.15, -0.1) is 0 Å². The lowest BCUT2D eigenvalue weighted by molar-refractivity contribution is -0.135. The van der Waals surface area contributed by atoms with Gasteiger partial charge in [0.25, 0.3) is 5.91 Å². The maximum absolute atomic E-state index is 11.9. The molecule has 0 unspecified atom stereocenters. The van der Waals surface area contributed by atoms with E-state index in [1.54, 1.807) is 13.1 Å². The fourth-order valence-corrected chi connectivity index (χ4v) is 1.90. The van der Waals surface area contributed by atoms with E-state index in [0.717, 1.165) is 10.9 Å². The van der Waals surface area contributed by atoms with Crippen LogP contribution in [0.15, 0.2) is 48.7 Å². The molecule has 1 N–H and O–H groups in total. The van der Waals surface area contributed by atoms with Gasteiger partial charge in [0.15, 0.2) is 6.10 Å². The summed E-state index contributed by atoms with van der Waals surface area (Å²) in [5, 5.41) is 3.58. The van der Waals surface area contributed by atoms with Crippen molar-refractivity contribution < 1.29 is 19.1 Å². The summed E-state index contributed by atoms with van der Waals surface area (Å²) in [6, 6.07) is 9.50. The number of para-hydroxylation sites is 1. The van der Waals surface area contributed by atoms with Crippen LogP contribution in [0.5, 0.6) is 5.75 Å². The normalized spacial score (nSPS) is 12.1. The Kier molecular flexibility index (Phi) is 5.68. The molecule has 0 aliphatic carbocycles. The van der Waals surface area contributed by atoms with Crippen LogP contribution in [0.4, 0.5) is 0 Å². The van der Waals surface area contributed by atoms with Crippen molar-refractivity contribution in [2.75, 3.05) is 13.7 Å². The van der Waals surface area contributed by atoms with Crippen LogP contribution in [0, 0.1) is 0 Å². The van der Waals surface area contributed by atoms with E-state index in [2.05, 4.69) is 15.0 Å². The summed E-state index contributed by atoms with van der Waals surface area (Å²) in [5.41, 5.74) is 0.866. The van der Waals surface area contributed by atoms with Crippen LogP contribution in [0.2, 0.25) is 0 Å². The van der Waals surface area contributed by atoms with Crippen molar-refractivity contribution in [3.05, 3.63) is 48.7 Å². The maximum Gasteiger partial charge on any atom is 0.330 e. The van der Waals surface area contributed by atoms with Crippen LogP contribution in [0.1, 0.15) is 6.92 Å². The molecule has 1 amide bonds. The van der Waals surface area contributed by atoms with Crippen LogP contribution >= 0.6 is 0 Å². The van der Waals surface area contributed by atoms with E-state index < -0.39 is 12.1 Å². The molecule has 0 spiro atoms. The number of methoxy groups -OCH3 is 1. The third-order valence-corrected chi connectivity index (χ3v) is 3.10. The highest BCUT2D eigenvalue weighted by Gasteiger charge is 2.14. The lowest BCUT2D eigenvalue weighted by Gasteiger charge is -2.14. The molecule has 0 saturated carbocycles. The molecule has 1 heterocycles. The zero-order valence-electron chi connectivity index (χ0n) is 13.0. The van der Waals surface area contributed by atoms with Crippen molar-refractivity contribution in [2.24, 2.45) is 0 Å². The van der Waals surface area contributed by atoms with Gasteiger partial charge in [-0.2, -0.15) is 0 Å². The van der Waals surface area contributed by atoms with Gasteiger partial charge in [-0.25, -0.2) is 4.79 Å². The molecular formula is C17H18N2O4. The Balaban J connectivity index is 1.89. The summed E-state index contributed by atoms with van der Waals surface area (Å²) in [5.74, 6) is -0.227. The average molecular weight is 314 g/mol. The first-order chi connectivity index (χ1) is 11.1. The number of pyridine rings is 1. The summed E-state index contributed by atoms with van der Waals surface area (Å²) in [6.07, 6.45) is 3.67. The smallest absolute Gasteiger partial charge is 0.330 e. The van der Waals surface area contributed by atoms with E-state index in [1.165, 1.54) is 19.3 Å². The lowest BCUT2D eigenvalue weighted by atomic mass is 10.2. The van der Waals surface area contributed by atoms with Crippen molar-refractivity contribution in [3.63, 3.8) is 0 Å². The van der Waals surface area contributed by atoms with Crippen molar-refractivity contribution in [1.82, 2.24) is 10.3 Å². The molecule has 0 saturated heterocycles. The van der Waals surface area contributed by atoms with Crippen molar-refractivity contribution in [2.45, 2.75) is 13.0 Å². The highest BCUT2D eigenvalue weighted by molar-refractivity contribution is 5.83. The molecular weight excluding hydrogens is 296 g/mol. The topological polar surface area (TPSA) is 77.5 Å². The molecule has 0 fully saturated rings. The van der Waals surface area contributed by atoms with Gasteiger partial charge in [0.05, 0.1) is 18.8 Å². The number of rotatable bonds is 6. The SMILES string of the molecule is COC(=O)/C=C/CNC(=O)[C@H](C)Oc1cnc2ccccc2c1. The van der Waals surface area contributed by atoms with E-state index in [9.17, 15) is 9.59 Å². The van der Waals surface area contributed by atoms with Gasteiger partial charge in [-0.3, -0.25) is 9.78 Å². The van der Waals surface area contributed by atoms with Gasteiger partial charge in [-0.05, 0) is 19.1 Å². The Morgan fingerprint density at radius 3 is 2.91 bits per heavy atom. The second kappa shape index (κ2) is 7.93. The maximum atomic E-state index is 11.9. The number of carbonyl (C=O) groups is 2. The van der Waals surface area contributed by atoms with Crippen LogP contribution < -0.4 is 10.1 Å². The first kappa shape index (κ1) is 16.5. The lowest BCUT2D eigenvalue weighted by Crippen LogP contribution is -2.36. The summed E-state index contributed by atoms with van der Waals surface area (Å²) < 4.78 is 10.0. The Morgan fingerprint density at radius 2 is 2.13 bits per heavy atom. The largest absolute Gasteiger partial charge is 0.479 e. The third kappa shape index (κ3) is 4.81. The Morgan fingerprint density at radius 1 is 1.35 bits per heavy atom. The Bertz CT molecular complexity index is 727. The standard InChI is InChI=1S/C17H18N2O4/c1-12(17(21)18-9-5-8-16(20)22-2)23-14-10-13-6-3-4-7-15(13)19-11-14/h3-8,10-12H,9H2,1-2H3,(H,18,21)/b8-5+/t12-/m0/s1. The number of ether oxygens (including phenoxy) is 2. The Labute approximate surface area is 134 Å². The minimum atomic E-state index is -0.676. The molecule has 6 heteroatoms. The molecule has 0 radical (unpaired) electrons. The fraction of sp³-hybridized carbons (Fsp3) is 0.235. The minimum Gasteiger partial charge on any atom is -0.479 e. The summed E-state index contributed by atoms with van der Waals surface area (Å²) in [7, 11) is 1.29. The van der Waals surface area contributed by atoms with Crippen LogP contribution in [0.3, 0.4) is 0 Å². The highest BCUT2D eigenvalue weighted by atomic mass is 16.5. The van der Waals surface area contributed by atoms with E-state index in [0.29, 0.717) is 5.75 Å². The molecule has 0 bridgehead atoms. The van der Waals surface area contributed by atoms with Gasteiger partial charge in [-0.1, -0.05) is 24.3 Å². The van der Waals surface area contributed by atoms with E-state index in [-0.39, 0.29) is 12.5 Å². The number of benzene rings is 1. The second-order valence-electron chi connectivity index (χ2n) is 4.79. The van der Waals surface area contributed by atoms with Gasteiger partial charge in [0.1, 0.15) is 5.75 Å². The number of esters is 1. The van der Waals surface area contributed by atoms with Gasteiger partial charge < -0.3 is 14.8 Å². The first-order valence-electron chi connectivity index (χ1n) is 7.14. The number of amides is 1. The molecule has 1 atom stereocenters. The monoisotopic (exact) mass is 314 g/mol. The zero-order valence-corrected chi connectivity index (χ0v) is 13.0. The fourth-order valence-electron chi connectivity index (χ4n) is 1.90. The first-order valence-corrected chi connectivity index (χ1v) is 7.14. The van der Waals surface area contributed by atoms with Crippen molar-refractivity contribution in [1.29, 1.82) is 0 Å². The number of hydrogen-bond acceptors (Lipinski definition) is 5. The summed E-state index contributed by atoms with van der Waals surface area (Å²) in [4.78, 5) is 27.1. The predicted molar refractivity (Wildman–Crippen MR) is 86.0 cm³/mol. The van der Waals surface area contributed by atoms with Crippen molar-refractivity contribution in [3.8, 4) is 5.75 Å². The number of nitrogens with one attached hydrogen (secondary N) is 1. The van der Waals surface area contributed by atoms with Crippen LogP contribution in [-0.4, -0.2) is 36.6 Å². The second-order valence-corrected chi connectivity index (χ2v) is 4.79. The average Bonchev–Trinajstić information content (AvgIpc) is 2.58. The minimum absolute atomic E-state index is 0.220. The van der Waals surface area contributed by atoms with Gasteiger partial charge in [0.2, 0.25) is 0 Å². The van der Waals surface area contributed by atoms with E-state index in [1.807, 2.05) is 30.3 Å². The quantitative estimate of drug-likeness (QED) is 0.650. The highest BCUT2D eigenvalue weighted by Crippen LogP contribution is 2.18. The summed E-state index contributed by atoms with van der Waals surface area (Å²) in [6.45, 7) is 1.87. The third-order valence-electron chi connectivity index (χ3n) is 3.10. The van der Waals surface area contributed by atoms with E-state index in [4.69, 9.17) is 4.74 Å². The van der Waals surface area contributed by atoms with Gasteiger partial charge in [0, 0.05) is 18.0 Å². The number of hydrogen-bond donors (Lipinski definition) is 1. The molecule has 0 aliphatic heterocycles. The Hall–Kier alpha value is -2.89. The number of nitrogens with zero attached hydrogens (tertiary/aromatic N) is 1.